The Morgan fingerprint density at radius 3 is 2.60 bits per heavy atom. The number of H-pyrrole nitrogens is 1. The van der Waals surface area contributed by atoms with Gasteiger partial charge < -0.3 is 9.84 Å². The van der Waals surface area contributed by atoms with Crippen molar-refractivity contribution in [1.82, 2.24) is 10.2 Å². The monoisotopic (exact) mass is 423 g/mol. The molecular formula is C21H21F4N3O2. The van der Waals surface area contributed by atoms with Crippen LogP contribution in [0.5, 0.6) is 5.75 Å². The van der Waals surface area contributed by atoms with Crippen molar-refractivity contribution in [3.63, 3.8) is 0 Å². The molecule has 0 aliphatic rings. The molecule has 9 heteroatoms. The summed E-state index contributed by atoms with van der Waals surface area (Å²) in [5.41, 5.74) is -3.53. The molecule has 0 saturated heterocycles. The fraction of sp³-hybridized carbons (Fsp3) is 0.333. The van der Waals surface area contributed by atoms with Crippen molar-refractivity contribution < 1.29 is 27.4 Å². The summed E-state index contributed by atoms with van der Waals surface area (Å²) in [7, 11) is 1.34. The van der Waals surface area contributed by atoms with E-state index in [4.69, 9.17) is 4.74 Å². The van der Waals surface area contributed by atoms with Gasteiger partial charge in [-0.05, 0) is 42.2 Å². The quantitative estimate of drug-likeness (QED) is 0.429. The third kappa shape index (κ3) is 4.16. The summed E-state index contributed by atoms with van der Waals surface area (Å²) >= 11 is 0. The predicted molar refractivity (Wildman–Crippen MR) is 106 cm³/mol. The zero-order chi connectivity index (χ0) is 22.2. The number of aromatic amines is 1. The van der Waals surface area contributed by atoms with Crippen molar-refractivity contribution in [3.8, 4) is 5.75 Å². The summed E-state index contributed by atoms with van der Waals surface area (Å²) in [4.78, 5) is 3.92. The van der Waals surface area contributed by atoms with Crippen LogP contribution in [0.2, 0.25) is 0 Å². The third-order valence-electron chi connectivity index (χ3n) is 4.97. The van der Waals surface area contributed by atoms with Gasteiger partial charge in [0.1, 0.15) is 11.6 Å². The van der Waals surface area contributed by atoms with Crippen molar-refractivity contribution in [1.29, 1.82) is 0 Å². The number of halogens is 4. The van der Waals surface area contributed by atoms with Crippen LogP contribution in [0.25, 0.3) is 10.9 Å². The molecule has 2 aromatic carbocycles. The van der Waals surface area contributed by atoms with E-state index in [-0.39, 0.29) is 17.0 Å². The van der Waals surface area contributed by atoms with E-state index < -0.39 is 29.4 Å². The van der Waals surface area contributed by atoms with E-state index in [0.717, 1.165) is 12.1 Å². The van der Waals surface area contributed by atoms with Gasteiger partial charge in [0, 0.05) is 17.2 Å². The standard InChI is InChI=1S/C21H21F4N3O2/c1-19(2,15-9-13(22)7-8-18(15)30-3)11-20(29,21(23,24)25)12-26-16-5-4-6-17-14(16)10-27-28-17/h4-10,12,29H,11H2,1-3H3,(H,27,28). The zero-order valence-corrected chi connectivity index (χ0v) is 16.6. The molecule has 1 atom stereocenters. The van der Waals surface area contributed by atoms with Crippen LogP contribution in [0, 0.1) is 5.82 Å². The van der Waals surface area contributed by atoms with Crippen LogP contribution in [0.4, 0.5) is 23.2 Å². The molecule has 0 radical (unpaired) electrons. The molecule has 160 valence electrons. The molecule has 2 N–H and O–H groups in total. The van der Waals surface area contributed by atoms with E-state index in [1.54, 1.807) is 12.1 Å². The van der Waals surface area contributed by atoms with Crippen molar-refractivity contribution in [3.05, 3.63) is 54.0 Å². The van der Waals surface area contributed by atoms with E-state index in [9.17, 15) is 22.7 Å². The number of methoxy groups -OCH3 is 1. The van der Waals surface area contributed by atoms with E-state index in [0.29, 0.717) is 17.1 Å². The number of fused-ring (bicyclic) bond motifs is 1. The molecular weight excluding hydrogens is 402 g/mol. The van der Waals surface area contributed by atoms with Crippen LogP contribution >= 0.6 is 0 Å². The molecule has 1 heterocycles. The highest BCUT2D eigenvalue weighted by atomic mass is 19.4. The minimum atomic E-state index is -5.02. The van der Waals surface area contributed by atoms with E-state index >= 15 is 0 Å². The molecule has 3 rings (SSSR count). The molecule has 0 aliphatic heterocycles. The van der Waals surface area contributed by atoms with Crippen molar-refractivity contribution >= 4 is 22.8 Å². The number of hydrogen-bond acceptors (Lipinski definition) is 4. The number of benzene rings is 2. The maximum Gasteiger partial charge on any atom is 0.422 e. The Bertz CT molecular complexity index is 1080. The van der Waals surface area contributed by atoms with Gasteiger partial charge in [0.15, 0.2) is 5.60 Å². The highest BCUT2D eigenvalue weighted by molar-refractivity contribution is 5.91. The number of alkyl halides is 3. The molecule has 30 heavy (non-hydrogen) atoms. The van der Waals surface area contributed by atoms with Gasteiger partial charge in [-0.15, -0.1) is 0 Å². The largest absolute Gasteiger partial charge is 0.496 e. The molecule has 0 fully saturated rings. The number of ether oxygens (including phenoxy) is 1. The van der Waals surface area contributed by atoms with Gasteiger partial charge in [0.05, 0.1) is 24.5 Å². The summed E-state index contributed by atoms with van der Waals surface area (Å²) in [5, 5.41) is 17.7. The fourth-order valence-electron chi connectivity index (χ4n) is 3.44. The lowest BCUT2D eigenvalue weighted by atomic mass is 9.74. The highest BCUT2D eigenvalue weighted by Gasteiger charge is 2.55. The summed E-state index contributed by atoms with van der Waals surface area (Å²) in [6.45, 7) is 2.96. The van der Waals surface area contributed by atoms with Crippen molar-refractivity contribution in [2.75, 3.05) is 7.11 Å². The van der Waals surface area contributed by atoms with Gasteiger partial charge in [0.2, 0.25) is 0 Å². The average Bonchev–Trinajstić information content (AvgIpc) is 3.14. The summed E-state index contributed by atoms with van der Waals surface area (Å²) in [6, 6.07) is 8.44. The van der Waals surface area contributed by atoms with Crippen molar-refractivity contribution in [2.24, 2.45) is 4.99 Å². The van der Waals surface area contributed by atoms with Crippen LogP contribution in [-0.4, -0.2) is 40.4 Å². The average molecular weight is 423 g/mol. The van der Waals surface area contributed by atoms with Crippen LogP contribution < -0.4 is 4.74 Å². The Kier molecular flexibility index (Phi) is 5.60. The molecule has 0 saturated carbocycles. The number of nitrogens with one attached hydrogen (secondary N) is 1. The second-order valence-electron chi connectivity index (χ2n) is 7.69. The van der Waals surface area contributed by atoms with Crippen LogP contribution in [0.15, 0.2) is 47.6 Å². The third-order valence-corrected chi connectivity index (χ3v) is 4.97. The SMILES string of the molecule is COc1ccc(F)cc1C(C)(C)CC(O)(C=Nc1cccc2[nH]ncc12)C(F)(F)F. The first-order valence-corrected chi connectivity index (χ1v) is 9.07. The smallest absolute Gasteiger partial charge is 0.422 e. The molecule has 0 aliphatic carbocycles. The molecule has 0 amide bonds. The lowest BCUT2D eigenvalue weighted by molar-refractivity contribution is -0.234. The predicted octanol–water partition coefficient (Wildman–Crippen LogP) is 5.07. The van der Waals surface area contributed by atoms with E-state index in [1.807, 2.05) is 0 Å². The number of aromatic nitrogens is 2. The van der Waals surface area contributed by atoms with Gasteiger partial charge in [0.25, 0.3) is 0 Å². The number of nitrogens with zero attached hydrogens (tertiary/aromatic N) is 2. The Balaban J connectivity index is 2.02. The molecule has 3 aromatic rings. The summed E-state index contributed by atoms with van der Waals surface area (Å²) in [6.07, 6.45) is -3.88. The Labute approximate surface area is 170 Å². The number of aliphatic hydroxyl groups is 1. The Hall–Kier alpha value is -2.94. The van der Waals surface area contributed by atoms with Crippen LogP contribution in [-0.2, 0) is 5.41 Å². The number of hydrogen-bond donors (Lipinski definition) is 2. The number of rotatable bonds is 6. The molecule has 1 unspecified atom stereocenters. The maximum absolute atomic E-state index is 13.9. The normalized spacial score (nSPS) is 14.9. The number of aliphatic imine (C=N–C) groups is 1. The summed E-state index contributed by atoms with van der Waals surface area (Å²) in [5.74, 6) is -0.388. The minimum absolute atomic E-state index is 0.206. The van der Waals surface area contributed by atoms with E-state index in [2.05, 4.69) is 15.2 Å². The summed E-state index contributed by atoms with van der Waals surface area (Å²) < 4.78 is 60.7. The van der Waals surface area contributed by atoms with Gasteiger partial charge in [-0.25, -0.2) is 4.39 Å². The van der Waals surface area contributed by atoms with Gasteiger partial charge >= 0.3 is 6.18 Å². The van der Waals surface area contributed by atoms with Crippen LogP contribution in [0.3, 0.4) is 0 Å². The van der Waals surface area contributed by atoms with Gasteiger partial charge in [-0.1, -0.05) is 19.9 Å². The fourth-order valence-corrected chi connectivity index (χ4v) is 3.44. The zero-order valence-electron chi connectivity index (χ0n) is 16.6. The Morgan fingerprint density at radius 1 is 1.20 bits per heavy atom. The van der Waals surface area contributed by atoms with Gasteiger partial charge in [-0.3, -0.25) is 10.1 Å². The van der Waals surface area contributed by atoms with Crippen LogP contribution in [0.1, 0.15) is 25.8 Å². The van der Waals surface area contributed by atoms with Gasteiger partial charge in [-0.2, -0.15) is 18.3 Å². The first-order valence-electron chi connectivity index (χ1n) is 9.07. The lowest BCUT2D eigenvalue weighted by Gasteiger charge is -2.36. The lowest BCUT2D eigenvalue weighted by Crippen LogP contribution is -2.50. The molecule has 0 bridgehead atoms. The molecule has 0 spiro atoms. The Morgan fingerprint density at radius 2 is 1.93 bits per heavy atom. The second kappa shape index (κ2) is 7.71. The van der Waals surface area contributed by atoms with E-state index in [1.165, 1.54) is 39.3 Å². The maximum atomic E-state index is 13.9. The first-order chi connectivity index (χ1) is 14.0. The second-order valence-corrected chi connectivity index (χ2v) is 7.69. The minimum Gasteiger partial charge on any atom is -0.496 e. The molecule has 5 nitrogen and oxygen atoms in total. The highest BCUT2D eigenvalue weighted by Crippen LogP contribution is 2.43. The molecule has 1 aromatic heterocycles. The topological polar surface area (TPSA) is 70.5 Å². The van der Waals surface area contributed by atoms with Crippen molar-refractivity contribution in [2.45, 2.75) is 37.5 Å². The first kappa shape index (κ1) is 21.8.